The van der Waals surface area contributed by atoms with Crippen molar-refractivity contribution in [2.75, 3.05) is 19.7 Å². The van der Waals surface area contributed by atoms with Gasteiger partial charge in [0.1, 0.15) is 0 Å². The maximum atomic E-state index is 13.5. The van der Waals surface area contributed by atoms with Gasteiger partial charge in [-0.15, -0.1) is 0 Å². The second-order valence-electron chi connectivity index (χ2n) is 3.49. The van der Waals surface area contributed by atoms with Crippen LogP contribution in [0.2, 0.25) is 0 Å². The van der Waals surface area contributed by atoms with Gasteiger partial charge in [-0.2, -0.15) is 4.39 Å². The van der Waals surface area contributed by atoms with Crippen LogP contribution in [0.25, 0.3) is 0 Å². The maximum Gasteiger partial charge on any atom is 0.203 e. The number of phenols is 1. The smallest absolute Gasteiger partial charge is 0.203 e. The minimum atomic E-state index is -1.58. The number of nitrogens with one attached hydrogen (secondary N) is 1. The van der Waals surface area contributed by atoms with Gasteiger partial charge in [0.15, 0.2) is 17.4 Å². The highest BCUT2D eigenvalue weighted by Crippen LogP contribution is 2.31. The summed E-state index contributed by atoms with van der Waals surface area (Å²) in [7, 11) is 0. The molecular formula is C10H10F3NO2. The highest BCUT2D eigenvalue weighted by molar-refractivity contribution is 5.34. The average molecular weight is 233 g/mol. The van der Waals surface area contributed by atoms with Gasteiger partial charge in [0, 0.05) is 18.7 Å². The molecule has 2 N–H and O–H groups in total. The van der Waals surface area contributed by atoms with Crippen LogP contribution in [0.3, 0.4) is 0 Å². The molecule has 1 atom stereocenters. The summed E-state index contributed by atoms with van der Waals surface area (Å²) < 4.78 is 44.5. The Morgan fingerprint density at radius 1 is 1.31 bits per heavy atom. The van der Waals surface area contributed by atoms with Crippen LogP contribution in [0.4, 0.5) is 13.2 Å². The van der Waals surface area contributed by atoms with E-state index in [9.17, 15) is 13.2 Å². The Hall–Kier alpha value is -1.27. The molecule has 0 radical (unpaired) electrons. The van der Waals surface area contributed by atoms with Crippen molar-refractivity contribution in [3.8, 4) is 5.75 Å². The average Bonchev–Trinajstić information content (AvgIpc) is 2.32. The van der Waals surface area contributed by atoms with Crippen molar-refractivity contribution in [1.29, 1.82) is 0 Å². The van der Waals surface area contributed by atoms with Gasteiger partial charge < -0.3 is 15.2 Å². The molecule has 3 nitrogen and oxygen atoms in total. The van der Waals surface area contributed by atoms with E-state index < -0.39 is 29.3 Å². The summed E-state index contributed by atoms with van der Waals surface area (Å²) in [6, 6.07) is 0.710. The molecule has 1 saturated heterocycles. The zero-order chi connectivity index (χ0) is 11.7. The van der Waals surface area contributed by atoms with Gasteiger partial charge in [0.2, 0.25) is 5.82 Å². The minimum Gasteiger partial charge on any atom is -0.503 e. The van der Waals surface area contributed by atoms with E-state index in [1.54, 1.807) is 0 Å². The molecule has 6 heteroatoms. The molecule has 16 heavy (non-hydrogen) atoms. The SMILES string of the molecule is Oc1c(F)c(F)cc(C2CNCCO2)c1F. The Morgan fingerprint density at radius 2 is 2.06 bits per heavy atom. The first-order valence-electron chi connectivity index (χ1n) is 4.80. The predicted octanol–water partition coefficient (Wildman–Crippen LogP) is 1.47. The summed E-state index contributed by atoms with van der Waals surface area (Å²) in [4.78, 5) is 0. The monoisotopic (exact) mass is 233 g/mol. The molecular weight excluding hydrogens is 223 g/mol. The van der Waals surface area contributed by atoms with E-state index in [4.69, 9.17) is 9.84 Å². The van der Waals surface area contributed by atoms with Crippen molar-refractivity contribution in [1.82, 2.24) is 5.32 Å². The molecule has 0 saturated carbocycles. The first-order chi connectivity index (χ1) is 7.61. The van der Waals surface area contributed by atoms with Crippen molar-refractivity contribution in [3.05, 3.63) is 29.1 Å². The number of phenolic OH excluding ortho intramolecular Hbond substituents is 1. The van der Waals surface area contributed by atoms with Gasteiger partial charge in [-0.25, -0.2) is 8.78 Å². The molecule has 1 aliphatic rings. The Kier molecular flexibility index (Phi) is 3.02. The Labute approximate surface area is 89.8 Å². The second-order valence-corrected chi connectivity index (χ2v) is 3.49. The first kappa shape index (κ1) is 11.2. The van der Waals surface area contributed by atoms with Crippen LogP contribution in [0.1, 0.15) is 11.7 Å². The molecule has 1 aromatic carbocycles. The molecule has 1 aliphatic heterocycles. The van der Waals surface area contributed by atoms with Crippen LogP contribution in [-0.4, -0.2) is 24.8 Å². The van der Waals surface area contributed by atoms with Crippen molar-refractivity contribution in [3.63, 3.8) is 0 Å². The van der Waals surface area contributed by atoms with Gasteiger partial charge in [-0.05, 0) is 6.07 Å². The Morgan fingerprint density at radius 3 is 2.69 bits per heavy atom. The number of morpholine rings is 1. The van der Waals surface area contributed by atoms with Crippen LogP contribution < -0.4 is 5.32 Å². The lowest BCUT2D eigenvalue weighted by molar-refractivity contribution is 0.0249. The summed E-state index contributed by atoms with van der Waals surface area (Å²) in [6.45, 7) is 1.26. The molecule has 0 aliphatic carbocycles. The Bertz CT molecular complexity index is 406. The molecule has 1 aromatic rings. The van der Waals surface area contributed by atoms with Crippen LogP contribution in [0, 0.1) is 17.5 Å². The number of hydrogen-bond acceptors (Lipinski definition) is 3. The van der Waals surface area contributed by atoms with Crippen molar-refractivity contribution < 1.29 is 23.0 Å². The standard InChI is InChI=1S/C10H10F3NO2/c11-6-3-5(7-4-14-1-2-16-7)8(12)10(15)9(6)13/h3,7,14-15H,1-2,4H2. The van der Waals surface area contributed by atoms with Gasteiger partial charge >= 0.3 is 0 Å². The largest absolute Gasteiger partial charge is 0.503 e. The van der Waals surface area contributed by atoms with E-state index in [2.05, 4.69) is 5.32 Å². The van der Waals surface area contributed by atoms with Crippen molar-refractivity contribution >= 4 is 0 Å². The minimum absolute atomic E-state index is 0.177. The number of rotatable bonds is 1. The highest BCUT2D eigenvalue weighted by Gasteiger charge is 2.25. The number of halogens is 3. The van der Waals surface area contributed by atoms with E-state index >= 15 is 0 Å². The third-order valence-electron chi connectivity index (χ3n) is 2.44. The third-order valence-corrected chi connectivity index (χ3v) is 2.44. The van der Waals surface area contributed by atoms with E-state index in [1.807, 2.05) is 0 Å². The highest BCUT2D eigenvalue weighted by atomic mass is 19.2. The molecule has 1 heterocycles. The molecule has 88 valence electrons. The van der Waals surface area contributed by atoms with Crippen LogP contribution in [0.5, 0.6) is 5.75 Å². The zero-order valence-electron chi connectivity index (χ0n) is 8.27. The molecule has 0 amide bonds. The normalized spacial score (nSPS) is 21.1. The summed E-state index contributed by atoms with van der Waals surface area (Å²) >= 11 is 0. The van der Waals surface area contributed by atoms with E-state index in [-0.39, 0.29) is 5.56 Å². The van der Waals surface area contributed by atoms with Crippen LogP contribution in [-0.2, 0) is 4.74 Å². The summed E-state index contributed by atoms with van der Waals surface area (Å²) in [5, 5.41) is 12.0. The lowest BCUT2D eigenvalue weighted by atomic mass is 10.1. The van der Waals surface area contributed by atoms with Gasteiger partial charge in [-0.1, -0.05) is 0 Å². The van der Waals surface area contributed by atoms with Crippen LogP contribution >= 0.6 is 0 Å². The van der Waals surface area contributed by atoms with Gasteiger partial charge in [0.05, 0.1) is 12.7 Å². The predicted molar refractivity (Wildman–Crippen MR) is 49.5 cm³/mol. The van der Waals surface area contributed by atoms with E-state index in [0.29, 0.717) is 25.8 Å². The maximum absolute atomic E-state index is 13.5. The number of hydrogen-bond donors (Lipinski definition) is 2. The number of aromatic hydroxyl groups is 1. The Balaban J connectivity index is 2.40. The molecule has 0 aromatic heterocycles. The summed E-state index contributed by atoms with van der Waals surface area (Å²) in [5.74, 6) is -5.34. The summed E-state index contributed by atoms with van der Waals surface area (Å²) in [6.07, 6.45) is -0.713. The zero-order valence-corrected chi connectivity index (χ0v) is 8.27. The van der Waals surface area contributed by atoms with Gasteiger partial charge in [-0.3, -0.25) is 0 Å². The number of benzene rings is 1. The fourth-order valence-corrected chi connectivity index (χ4v) is 1.61. The fraction of sp³-hybridized carbons (Fsp3) is 0.400. The topological polar surface area (TPSA) is 41.5 Å². The lowest BCUT2D eigenvalue weighted by Gasteiger charge is -2.24. The first-order valence-corrected chi connectivity index (χ1v) is 4.80. The van der Waals surface area contributed by atoms with Gasteiger partial charge in [0.25, 0.3) is 0 Å². The van der Waals surface area contributed by atoms with Crippen LogP contribution in [0.15, 0.2) is 6.07 Å². The lowest BCUT2D eigenvalue weighted by Crippen LogP contribution is -2.33. The molecule has 0 spiro atoms. The second kappa shape index (κ2) is 4.31. The molecule has 1 fully saturated rings. The molecule has 2 rings (SSSR count). The van der Waals surface area contributed by atoms with Crippen molar-refractivity contribution in [2.45, 2.75) is 6.10 Å². The fourth-order valence-electron chi connectivity index (χ4n) is 1.61. The number of ether oxygens (including phenoxy) is 1. The molecule has 0 bridgehead atoms. The third kappa shape index (κ3) is 1.85. The van der Waals surface area contributed by atoms with E-state index in [1.165, 1.54) is 0 Å². The van der Waals surface area contributed by atoms with E-state index in [0.717, 1.165) is 0 Å². The van der Waals surface area contributed by atoms with Crippen molar-refractivity contribution in [2.24, 2.45) is 0 Å². The molecule has 1 unspecified atom stereocenters. The summed E-state index contributed by atoms with van der Waals surface area (Å²) in [5.41, 5.74) is -0.177. The quantitative estimate of drug-likeness (QED) is 0.722.